The maximum absolute atomic E-state index is 10.6. The van der Waals surface area contributed by atoms with E-state index >= 15 is 0 Å². The summed E-state index contributed by atoms with van der Waals surface area (Å²) in [5.74, 6) is 0. The molecular weight excluding hydrogens is 512 g/mol. The van der Waals surface area contributed by atoms with Gasteiger partial charge in [-0.15, -0.1) is 0 Å². The van der Waals surface area contributed by atoms with Crippen molar-refractivity contribution in [1.29, 1.82) is 0 Å². The van der Waals surface area contributed by atoms with Crippen molar-refractivity contribution in [2.45, 2.75) is 158 Å². The third kappa shape index (κ3) is 11.4. The zero-order valence-electron chi connectivity index (χ0n) is 23.6. The lowest BCUT2D eigenvalue weighted by atomic mass is 9.97. The highest BCUT2D eigenvalue weighted by Gasteiger charge is 2.50. The third-order valence-electron chi connectivity index (χ3n) is 7.74. The topological polar surface area (TPSA) is 179 Å². The van der Waals surface area contributed by atoms with Gasteiger partial charge in [-0.25, -0.2) is 0 Å². The second-order valence-corrected chi connectivity index (χ2v) is 11.0. The molecule has 0 amide bonds. The molecule has 2 fully saturated rings. The van der Waals surface area contributed by atoms with Crippen LogP contribution in [0.3, 0.4) is 0 Å². The molecule has 10 atom stereocenters. The van der Waals surface area contributed by atoms with Gasteiger partial charge in [0.25, 0.3) is 0 Å². The molecule has 0 aromatic heterocycles. The van der Waals surface area contributed by atoms with Crippen LogP contribution >= 0.6 is 0 Å². The molecular formula is C28H54O11. The van der Waals surface area contributed by atoms with Crippen molar-refractivity contribution in [3.05, 3.63) is 0 Å². The van der Waals surface area contributed by atoms with Gasteiger partial charge < -0.3 is 54.7 Å². The summed E-state index contributed by atoms with van der Waals surface area (Å²) >= 11 is 0. The maximum atomic E-state index is 10.6. The van der Waals surface area contributed by atoms with Gasteiger partial charge in [-0.1, -0.05) is 90.4 Å². The first-order valence-electron chi connectivity index (χ1n) is 15.1. The summed E-state index contributed by atoms with van der Waals surface area (Å²) < 4.78 is 22.1. The Kier molecular flexibility index (Phi) is 17.5. The molecule has 232 valence electrons. The van der Waals surface area contributed by atoms with Crippen LogP contribution in [0.25, 0.3) is 0 Å². The van der Waals surface area contributed by atoms with Crippen molar-refractivity contribution in [2.24, 2.45) is 0 Å². The van der Waals surface area contributed by atoms with Crippen molar-refractivity contribution in [1.82, 2.24) is 0 Å². The maximum Gasteiger partial charge on any atom is 0.187 e. The molecule has 2 aliphatic rings. The molecule has 0 aliphatic carbocycles. The van der Waals surface area contributed by atoms with E-state index in [4.69, 9.17) is 18.9 Å². The van der Waals surface area contributed by atoms with Crippen LogP contribution in [-0.4, -0.2) is 117 Å². The molecule has 39 heavy (non-hydrogen) atoms. The van der Waals surface area contributed by atoms with Crippen LogP contribution in [-0.2, 0) is 18.9 Å². The molecule has 0 bridgehead atoms. The van der Waals surface area contributed by atoms with Crippen LogP contribution in [0.15, 0.2) is 0 Å². The molecule has 7 N–H and O–H groups in total. The molecule has 0 radical (unpaired) electrons. The first-order chi connectivity index (χ1) is 18.8. The average molecular weight is 567 g/mol. The molecule has 2 aliphatic heterocycles. The smallest absolute Gasteiger partial charge is 0.187 e. The lowest BCUT2D eigenvalue weighted by Crippen LogP contribution is -2.64. The predicted molar refractivity (Wildman–Crippen MR) is 143 cm³/mol. The minimum Gasteiger partial charge on any atom is -0.394 e. The van der Waals surface area contributed by atoms with E-state index in [1.165, 1.54) is 70.6 Å². The monoisotopic (exact) mass is 566 g/mol. The van der Waals surface area contributed by atoms with Gasteiger partial charge >= 0.3 is 0 Å². The Labute approximate surface area is 233 Å². The molecule has 2 heterocycles. The standard InChI is InChI=1S/C28H54O11/c1-2-3-4-5-6-7-8-9-10-11-12-13-14-15-16-36-27-25(35)23(33)26(20(18-30)38-27)39-28-24(34)22(32)21(31)19(17-29)37-28/h19-35H,2-18H2,1H3/t19?,20?,21-,22-,23+,24?,25?,26-,27+,28-/m0/s1. The number of rotatable bonds is 20. The van der Waals surface area contributed by atoms with Crippen molar-refractivity contribution >= 4 is 0 Å². The van der Waals surface area contributed by atoms with Gasteiger partial charge in [-0.2, -0.15) is 0 Å². The van der Waals surface area contributed by atoms with Crippen LogP contribution in [0.1, 0.15) is 96.8 Å². The Morgan fingerprint density at radius 3 is 1.49 bits per heavy atom. The van der Waals surface area contributed by atoms with Crippen LogP contribution in [0.5, 0.6) is 0 Å². The predicted octanol–water partition coefficient (Wildman–Crippen LogP) is 1.11. The molecule has 0 spiro atoms. The summed E-state index contributed by atoms with van der Waals surface area (Å²) in [6.07, 6.45) is 2.97. The molecule has 0 aromatic rings. The number of aliphatic hydroxyl groups excluding tert-OH is 7. The van der Waals surface area contributed by atoms with E-state index in [2.05, 4.69) is 6.92 Å². The Hall–Kier alpha value is -0.440. The highest BCUT2D eigenvalue weighted by molar-refractivity contribution is 4.94. The summed E-state index contributed by atoms with van der Waals surface area (Å²) in [4.78, 5) is 0. The SMILES string of the molecule is CCCCCCCCCCCCCCCCO[C@@H]1OC(CO)[C@H](O[C@@H]2OC(CO)[C@H](O)[C@H](O)C2O)[C@H](O)C1O. The van der Waals surface area contributed by atoms with Crippen LogP contribution in [0.4, 0.5) is 0 Å². The van der Waals surface area contributed by atoms with E-state index in [1.807, 2.05) is 0 Å². The van der Waals surface area contributed by atoms with Crippen molar-refractivity contribution in [2.75, 3.05) is 19.8 Å². The van der Waals surface area contributed by atoms with Crippen molar-refractivity contribution in [3.8, 4) is 0 Å². The number of unbranched alkanes of at least 4 members (excludes halogenated alkanes) is 13. The summed E-state index contributed by atoms with van der Waals surface area (Å²) in [6.45, 7) is 1.34. The lowest BCUT2D eigenvalue weighted by molar-refractivity contribution is -0.359. The molecule has 2 saturated heterocycles. The van der Waals surface area contributed by atoms with Gasteiger partial charge in [0, 0.05) is 6.61 Å². The Bertz CT molecular complexity index is 608. The average Bonchev–Trinajstić information content (AvgIpc) is 2.94. The van der Waals surface area contributed by atoms with Gasteiger partial charge in [-0.05, 0) is 6.42 Å². The Morgan fingerprint density at radius 2 is 0.974 bits per heavy atom. The second-order valence-electron chi connectivity index (χ2n) is 11.0. The van der Waals surface area contributed by atoms with Crippen LogP contribution in [0.2, 0.25) is 0 Å². The van der Waals surface area contributed by atoms with Crippen molar-refractivity contribution in [3.63, 3.8) is 0 Å². The minimum atomic E-state index is -1.69. The van der Waals surface area contributed by atoms with Crippen molar-refractivity contribution < 1.29 is 54.7 Å². The molecule has 11 nitrogen and oxygen atoms in total. The van der Waals surface area contributed by atoms with Gasteiger partial charge in [0.15, 0.2) is 12.6 Å². The number of ether oxygens (including phenoxy) is 4. The minimum absolute atomic E-state index is 0.322. The Morgan fingerprint density at radius 1 is 0.513 bits per heavy atom. The summed E-state index contributed by atoms with van der Waals surface area (Å²) in [6, 6.07) is 0. The fourth-order valence-corrected chi connectivity index (χ4v) is 5.19. The highest BCUT2D eigenvalue weighted by atomic mass is 16.7. The summed E-state index contributed by atoms with van der Waals surface area (Å²) in [7, 11) is 0. The van der Waals surface area contributed by atoms with Gasteiger partial charge in [0.05, 0.1) is 13.2 Å². The zero-order valence-corrected chi connectivity index (χ0v) is 23.6. The fraction of sp³-hybridized carbons (Fsp3) is 1.00. The third-order valence-corrected chi connectivity index (χ3v) is 7.74. The van der Waals surface area contributed by atoms with E-state index in [0.29, 0.717) is 6.61 Å². The van der Waals surface area contributed by atoms with E-state index in [-0.39, 0.29) is 0 Å². The highest BCUT2D eigenvalue weighted by Crippen LogP contribution is 2.29. The van der Waals surface area contributed by atoms with E-state index in [1.54, 1.807) is 0 Å². The largest absolute Gasteiger partial charge is 0.394 e. The molecule has 4 unspecified atom stereocenters. The van der Waals surface area contributed by atoms with Crippen LogP contribution in [0, 0.1) is 0 Å². The quantitative estimate of drug-likeness (QED) is 0.105. The first kappa shape index (κ1) is 34.8. The molecule has 0 aromatic carbocycles. The Balaban J connectivity index is 1.62. The van der Waals surface area contributed by atoms with E-state index < -0.39 is 74.6 Å². The van der Waals surface area contributed by atoms with Gasteiger partial charge in [0.1, 0.15) is 48.8 Å². The molecule has 2 rings (SSSR count). The lowest BCUT2D eigenvalue weighted by Gasteiger charge is -2.45. The zero-order chi connectivity index (χ0) is 28.6. The first-order valence-corrected chi connectivity index (χ1v) is 15.1. The summed E-state index contributed by atoms with van der Waals surface area (Å²) in [5, 5.41) is 70.4. The van der Waals surface area contributed by atoms with Gasteiger partial charge in [-0.3, -0.25) is 0 Å². The van der Waals surface area contributed by atoms with Gasteiger partial charge in [0.2, 0.25) is 0 Å². The normalized spacial score (nSPS) is 35.4. The fourth-order valence-electron chi connectivity index (χ4n) is 5.19. The van der Waals surface area contributed by atoms with E-state index in [0.717, 1.165) is 19.3 Å². The second kappa shape index (κ2) is 19.6. The van der Waals surface area contributed by atoms with Crippen LogP contribution < -0.4 is 0 Å². The van der Waals surface area contributed by atoms with E-state index in [9.17, 15) is 35.7 Å². The summed E-state index contributed by atoms with van der Waals surface area (Å²) in [5.41, 5.74) is 0. The number of hydrogen-bond acceptors (Lipinski definition) is 11. The molecule has 0 saturated carbocycles. The molecule has 11 heteroatoms. The number of aliphatic hydroxyl groups is 7. The number of hydrogen-bond donors (Lipinski definition) is 7.